The molecule has 0 radical (unpaired) electrons. The molecule has 1 aromatic carbocycles. The van der Waals surface area contributed by atoms with E-state index in [0.29, 0.717) is 29.6 Å². The van der Waals surface area contributed by atoms with Crippen LogP contribution in [0.15, 0.2) is 24.3 Å². The van der Waals surface area contributed by atoms with Crippen molar-refractivity contribution >= 4 is 33.3 Å². The van der Waals surface area contributed by atoms with E-state index in [1.807, 2.05) is 0 Å². The summed E-state index contributed by atoms with van der Waals surface area (Å²) in [7, 11) is 0. The second-order valence-corrected chi connectivity index (χ2v) is 5.87. The van der Waals surface area contributed by atoms with Crippen molar-refractivity contribution in [1.29, 1.82) is 0 Å². The molecule has 1 aliphatic heterocycles. The summed E-state index contributed by atoms with van der Waals surface area (Å²) in [4.78, 5) is 25.4. The van der Waals surface area contributed by atoms with E-state index in [1.165, 1.54) is 28.4 Å². The Labute approximate surface area is 118 Å². The van der Waals surface area contributed by atoms with Crippen molar-refractivity contribution in [3.8, 4) is 0 Å². The van der Waals surface area contributed by atoms with Crippen LogP contribution in [-0.2, 0) is 4.79 Å². The number of aliphatic carboxylic acids is 1. The Bertz CT molecular complexity index is 697. The number of fused-ring (bicyclic) bond motifs is 1. The van der Waals surface area contributed by atoms with Gasteiger partial charge in [-0.15, -0.1) is 11.3 Å². The Balaban J connectivity index is 1.94. The van der Waals surface area contributed by atoms with Gasteiger partial charge in [-0.25, -0.2) is 9.18 Å². The zero-order chi connectivity index (χ0) is 14.3. The molecule has 1 fully saturated rings. The van der Waals surface area contributed by atoms with E-state index < -0.39 is 12.0 Å². The number of carbonyl (C=O) groups is 2. The van der Waals surface area contributed by atoms with E-state index >= 15 is 0 Å². The lowest BCUT2D eigenvalue weighted by molar-refractivity contribution is -0.141. The van der Waals surface area contributed by atoms with Gasteiger partial charge in [-0.3, -0.25) is 4.79 Å². The Morgan fingerprint density at radius 3 is 2.90 bits per heavy atom. The third kappa shape index (κ3) is 2.16. The first-order chi connectivity index (χ1) is 9.56. The van der Waals surface area contributed by atoms with Gasteiger partial charge in [0.05, 0.1) is 4.88 Å². The van der Waals surface area contributed by atoms with Gasteiger partial charge in [-0.2, -0.15) is 0 Å². The maximum Gasteiger partial charge on any atom is 0.326 e. The van der Waals surface area contributed by atoms with Gasteiger partial charge in [-0.1, -0.05) is 0 Å². The molecule has 0 spiro atoms. The highest BCUT2D eigenvalue weighted by molar-refractivity contribution is 7.20. The minimum atomic E-state index is -0.969. The number of carboxylic acids is 1. The van der Waals surface area contributed by atoms with Gasteiger partial charge in [-0.05, 0) is 42.5 Å². The Hall–Kier alpha value is -1.95. The zero-order valence-corrected chi connectivity index (χ0v) is 11.3. The average Bonchev–Trinajstić information content (AvgIpc) is 3.03. The molecule has 1 atom stereocenters. The number of hydrogen-bond acceptors (Lipinski definition) is 3. The van der Waals surface area contributed by atoms with Gasteiger partial charge >= 0.3 is 5.97 Å². The molecule has 1 saturated heterocycles. The number of amides is 1. The number of carbonyl (C=O) groups excluding carboxylic acids is 1. The monoisotopic (exact) mass is 293 g/mol. The van der Waals surface area contributed by atoms with Gasteiger partial charge in [0.1, 0.15) is 11.9 Å². The van der Waals surface area contributed by atoms with Gasteiger partial charge < -0.3 is 10.0 Å². The highest BCUT2D eigenvalue weighted by atomic mass is 32.1. The van der Waals surface area contributed by atoms with Crippen LogP contribution in [0.5, 0.6) is 0 Å². The quantitative estimate of drug-likeness (QED) is 0.926. The van der Waals surface area contributed by atoms with E-state index in [2.05, 4.69) is 0 Å². The first-order valence-electron chi connectivity index (χ1n) is 6.29. The maximum atomic E-state index is 13.1. The molecule has 0 saturated carbocycles. The molecule has 0 aliphatic carbocycles. The fourth-order valence-electron chi connectivity index (χ4n) is 2.53. The second-order valence-electron chi connectivity index (χ2n) is 4.79. The Kier molecular flexibility index (Phi) is 3.17. The molecule has 1 aromatic heterocycles. The molecule has 4 nitrogen and oxygen atoms in total. The lowest BCUT2D eigenvalue weighted by Crippen LogP contribution is -2.40. The van der Waals surface area contributed by atoms with Crippen LogP contribution in [0.25, 0.3) is 10.1 Å². The smallest absolute Gasteiger partial charge is 0.326 e. The first-order valence-corrected chi connectivity index (χ1v) is 7.11. The molecule has 1 N–H and O–H groups in total. The summed E-state index contributed by atoms with van der Waals surface area (Å²) in [6, 6.07) is 5.24. The van der Waals surface area contributed by atoms with Crippen molar-refractivity contribution in [2.24, 2.45) is 0 Å². The van der Waals surface area contributed by atoms with Crippen LogP contribution in [-0.4, -0.2) is 34.5 Å². The van der Waals surface area contributed by atoms with E-state index in [0.717, 1.165) is 4.70 Å². The van der Waals surface area contributed by atoms with Crippen molar-refractivity contribution in [3.63, 3.8) is 0 Å². The third-order valence-corrected chi connectivity index (χ3v) is 4.59. The lowest BCUT2D eigenvalue weighted by Gasteiger charge is -2.20. The number of halogens is 1. The molecule has 1 aliphatic rings. The van der Waals surface area contributed by atoms with Crippen LogP contribution in [0.4, 0.5) is 4.39 Å². The number of carboxylic acid groups (broad SMARTS) is 1. The largest absolute Gasteiger partial charge is 0.480 e. The molecule has 104 valence electrons. The van der Waals surface area contributed by atoms with Crippen LogP contribution >= 0.6 is 11.3 Å². The van der Waals surface area contributed by atoms with E-state index in [9.17, 15) is 14.0 Å². The number of nitrogens with zero attached hydrogens (tertiary/aromatic N) is 1. The highest BCUT2D eigenvalue weighted by Crippen LogP contribution is 2.29. The molecule has 3 rings (SSSR count). The topological polar surface area (TPSA) is 57.6 Å². The van der Waals surface area contributed by atoms with Gasteiger partial charge in [0.2, 0.25) is 0 Å². The molecule has 2 heterocycles. The fourth-order valence-corrected chi connectivity index (χ4v) is 3.53. The minimum absolute atomic E-state index is 0.281. The lowest BCUT2D eigenvalue weighted by atomic mass is 10.2. The number of benzene rings is 1. The van der Waals surface area contributed by atoms with Crippen molar-refractivity contribution in [2.45, 2.75) is 18.9 Å². The van der Waals surface area contributed by atoms with Gasteiger partial charge in [0.15, 0.2) is 0 Å². The van der Waals surface area contributed by atoms with Crippen molar-refractivity contribution in [2.75, 3.05) is 6.54 Å². The number of hydrogen-bond donors (Lipinski definition) is 1. The predicted molar refractivity (Wildman–Crippen MR) is 73.5 cm³/mol. The van der Waals surface area contributed by atoms with Crippen LogP contribution < -0.4 is 0 Å². The summed E-state index contributed by atoms with van der Waals surface area (Å²) in [5.74, 6) is -1.60. The predicted octanol–water partition coefficient (Wildman–Crippen LogP) is 2.73. The third-order valence-electron chi connectivity index (χ3n) is 3.49. The zero-order valence-electron chi connectivity index (χ0n) is 10.5. The SMILES string of the molecule is O=C(O)[C@H]1CCCN1C(=O)c1cc2cc(F)ccc2s1. The van der Waals surface area contributed by atoms with Crippen LogP contribution in [0.3, 0.4) is 0 Å². The van der Waals surface area contributed by atoms with Gasteiger partial charge in [0, 0.05) is 11.2 Å². The molecule has 1 amide bonds. The molecule has 2 aromatic rings. The highest BCUT2D eigenvalue weighted by Gasteiger charge is 2.34. The standard InChI is InChI=1S/C14H12FNO3S/c15-9-3-4-11-8(6-9)7-12(20-11)13(17)16-5-1-2-10(16)14(18)19/h3-4,6-7,10H,1-2,5H2,(H,18,19)/t10-/m1/s1. The van der Waals surface area contributed by atoms with Crippen LogP contribution in [0.1, 0.15) is 22.5 Å². The number of rotatable bonds is 2. The molecule has 20 heavy (non-hydrogen) atoms. The first kappa shape index (κ1) is 13.1. The van der Waals surface area contributed by atoms with E-state index in [4.69, 9.17) is 5.11 Å². The molecule has 6 heteroatoms. The van der Waals surface area contributed by atoms with Gasteiger partial charge in [0.25, 0.3) is 5.91 Å². The molecule has 0 bridgehead atoms. The van der Waals surface area contributed by atoms with Crippen molar-refractivity contribution in [3.05, 3.63) is 35.0 Å². The summed E-state index contributed by atoms with van der Waals surface area (Å²) in [5.41, 5.74) is 0. The normalized spacial score (nSPS) is 18.6. The summed E-state index contributed by atoms with van der Waals surface area (Å²) in [6.07, 6.45) is 1.18. The number of thiophene rings is 1. The summed E-state index contributed by atoms with van der Waals surface area (Å²) >= 11 is 1.26. The van der Waals surface area contributed by atoms with Crippen molar-refractivity contribution < 1.29 is 19.1 Å². The van der Waals surface area contributed by atoms with Crippen LogP contribution in [0.2, 0.25) is 0 Å². The van der Waals surface area contributed by atoms with Crippen LogP contribution in [0, 0.1) is 5.82 Å². The Morgan fingerprint density at radius 1 is 1.35 bits per heavy atom. The van der Waals surface area contributed by atoms with Crippen molar-refractivity contribution in [1.82, 2.24) is 4.90 Å². The summed E-state index contributed by atoms with van der Waals surface area (Å²) in [5, 5.41) is 9.79. The van der Waals surface area contributed by atoms with E-state index in [1.54, 1.807) is 12.1 Å². The molecular formula is C14H12FNO3S. The summed E-state index contributed by atoms with van der Waals surface area (Å²) < 4.78 is 14.0. The Morgan fingerprint density at radius 2 is 2.15 bits per heavy atom. The fraction of sp³-hybridized carbons (Fsp3) is 0.286. The van der Waals surface area contributed by atoms with E-state index in [-0.39, 0.29) is 11.7 Å². The average molecular weight is 293 g/mol. The summed E-state index contributed by atoms with van der Waals surface area (Å²) in [6.45, 7) is 0.457. The molecular weight excluding hydrogens is 281 g/mol. The minimum Gasteiger partial charge on any atom is -0.480 e. The second kappa shape index (κ2) is 4.86. The maximum absolute atomic E-state index is 13.1. The molecule has 0 unspecified atom stereocenters. The number of likely N-dealkylation sites (tertiary alicyclic amines) is 1.